The van der Waals surface area contributed by atoms with Gasteiger partial charge in [0.05, 0.1) is 18.1 Å². The molecule has 0 aliphatic heterocycles. The van der Waals surface area contributed by atoms with Crippen LogP contribution in [0.4, 0.5) is 16.0 Å². The van der Waals surface area contributed by atoms with E-state index >= 15 is 0 Å². The van der Waals surface area contributed by atoms with Gasteiger partial charge in [0, 0.05) is 0 Å². The van der Waals surface area contributed by atoms with E-state index in [0.29, 0.717) is 0 Å². The number of methoxy groups -OCH3 is 1. The maximum atomic E-state index is 13.0. The van der Waals surface area contributed by atoms with Crippen molar-refractivity contribution in [2.24, 2.45) is 0 Å². The van der Waals surface area contributed by atoms with Gasteiger partial charge >= 0.3 is 17.7 Å². The van der Waals surface area contributed by atoms with Gasteiger partial charge in [0.15, 0.2) is 0 Å². The maximum Gasteiger partial charge on any atom is 0.330 e. The lowest BCUT2D eigenvalue weighted by atomic mass is 10.3. The molecular weight excluding hydrogens is 273 g/mol. The van der Waals surface area contributed by atoms with Crippen LogP contribution in [0, 0.1) is 15.9 Å². The summed E-state index contributed by atoms with van der Waals surface area (Å²) in [6, 6.07) is 2.39. The van der Waals surface area contributed by atoms with Gasteiger partial charge in [0.2, 0.25) is 11.7 Å². The highest BCUT2D eigenvalue weighted by molar-refractivity contribution is 5.47. The molecule has 0 saturated heterocycles. The number of nitro groups is 1. The number of nitro benzene ring substituents is 1. The van der Waals surface area contributed by atoms with Gasteiger partial charge < -0.3 is 15.2 Å². The van der Waals surface area contributed by atoms with E-state index in [-0.39, 0.29) is 23.7 Å². The topological polar surface area (TPSA) is 126 Å². The Hall–Kier alpha value is -3.04. The molecule has 0 aliphatic carbocycles. The molecule has 9 nitrogen and oxygen atoms in total. The molecule has 104 valence electrons. The Morgan fingerprint density at radius 3 is 2.65 bits per heavy atom. The molecule has 1 aromatic heterocycles. The van der Waals surface area contributed by atoms with Crippen LogP contribution in [0.2, 0.25) is 0 Å². The Morgan fingerprint density at radius 2 is 2.00 bits per heavy atom. The minimum atomic E-state index is -0.791. The van der Waals surface area contributed by atoms with Crippen LogP contribution in [0.1, 0.15) is 0 Å². The summed E-state index contributed by atoms with van der Waals surface area (Å²) in [5, 5.41) is 10.8. The predicted octanol–water partition coefficient (Wildman–Crippen LogP) is 1.30. The van der Waals surface area contributed by atoms with Crippen LogP contribution in [0.15, 0.2) is 18.2 Å². The number of rotatable bonds is 4. The molecule has 0 radical (unpaired) electrons. The van der Waals surface area contributed by atoms with E-state index in [2.05, 4.69) is 15.0 Å². The third-order valence-electron chi connectivity index (χ3n) is 2.11. The van der Waals surface area contributed by atoms with Crippen molar-refractivity contribution in [2.45, 2.75) is 0 Å². The Bertz CT molecular complexity index is 666. The van der Waals surface area contributed by atoms with Gasteiger partial charge in [-0.1, -0.05) is 0 Å². The van der Waals surface area contributed by atoms with Crippen LogP contribution in [-0.4, -0.2) is 27.0 Å². The van der Waals surface area contributed by atoms with E-state index in [1.54, 1.807) is 0 Å². The fraction of sp³-hybridized carbons (Fsp3) is 0.100. The third-order valence-corrected chi connectivity index (χ3v) is 2.11. The second kappa shape index (κ2) is 5.30. The maximum absolute atomic E-state index is 13.0. The van der Waals surface area contributed by atoms with Gasteiger partial charge in [0.25, 0.3) is 0 Å². The summed E-state index contributed by atoms with van der Waals surface area (Å²) in [5.74, 6) is -1.18. The molecule has 0 fully saturated rings. The predicted molar refractivity (Wildman–Crippen MR) is 63.9 cm³/mol. The summed E-state index contributed by atoms with van der Waals surface area (Å²) in [6.45, 7) is 0. The van der Waals surface area contributed by atoms with Crippen molar-refractivity contribution in [1.82, 2.24) is 15.0 Å². The number of ether oxygens (including phenoxy) is 2. The standard InChI is InChI=1S/C10H8FN5O4/c1-19-9-13-8(12)14-10(15-9)20-7-3-2-5(11)4-6(7)16(17)18/h2-4H,1H3,(H2,12,13,14,15). The van der Waals surface area contributed by atoms with E-state index in [1.807, 2.05) is 0 Å². The van der Waals surface area contributed by atoms with Crippen molar-refractivity contribution in [3.05, 3.63) is 34.1 Å². The lowest BCUT2D eigenvalue weighted by molar-refractivity contribution is -0.385. The number of halogens is 1. The Morgan fingerprint density at radius 1 is 1.30 bits per heavy atom. The molecule has 10 heteroatoms. The Labute approximate surface area is 111 Å². The van der Waals surface area contributed by atoms with Gasteiger partial charge in [-0.2, -0.15) is 9.97 Å². The van der Waals surface area contributed by atoms with Crippen LogP contribution < -0.4 is 15.2 Å². The highest BCUT2D eigenvalue weighted by Gasteiger charge is 2.18. The highest BCUT2D eigenvalue weighted by Crippen LogP contribution is 2.30. The van der Waals surface area contributed by atoms with Crippen LogP contribution in [0.5, 0.6) is 17.8 Å². The molecule has 2 rings (SSSR count). The van der Waals surface area contributed by atoms with E-state index < -0.39 is 16.4 Å². The van der Waals surface area contributed by atoms with Crippen molar-refractivity contribution < 1.29 is 18.8 Å². The molecule has 0 amide bonds. The lowest BCUT2D eigenvalue weighted by Gasteiger charge is -2.06. The quantitative estimate of drug-likeness (QED) is 0.656. The summed E-state index contributed by atoms with van der Waals surface area (Å²) in [7, 11) is 1.30. The molecule has 2 aromatic rings. The summed E-state index contributed by atoms with van der Waals surface area (Å²) < 4.78 is 22.9. The number of nitrogen functional groups attached to an aromatic ring is 1. The van der Waals surface area contributed by atoms with Gasteiger partial charge in [-0.05, 0) is 12.1 Å². The molecule has 0 aliphatic rings. The van der Waals surface area contributed by atoms with Crippen molar-refractivity contribution in [3.8, 4) is 17.8 Å². The van der Waals surface area contributed by atoms with Crippen molar-refractivity contribution in [3.63, 3.8) is 0 Å². The monoisotopic (exact) mass is 281 g/mol. The average Bonchev–Trinajstić information content (AvgIpc) is 2.40. The number of benzene rings is 1. The second-order valence-corrected chi connectivity index (χ2v) is 3.43. The number of aromatic nitrogens is 3. The fourth-order valence-corrected chi connectivity index (χ4v) is 1.31. The molecule has 0 spiro atoms. The van der Waals surface area contributed by atoms with Crippen molar-refractivity contribution in [1.29, 1.82) is 0 Å². The van der Waals surface area contributed by atoms with E-state index in [1.165, 1.54) is 7.11 Å². The highest BCUT2D eigenvalue weighted by atomic mass is 19.1. The van der Waals surface area contributed by atoms with E-state index in [0.717, 1.165) is 18.2 Å². The van der Waals surface area contributed by atoms with Crippen molar-refractivity contribution >= 4 is 11.6 Å². The number of nitrogens with two attached hydrogens (primary N) is 1. The van der Waals surface area contributed by atoms with Gasteiger partial charge in [-0.25, -0.2) is 4.39 Å². The van der Waals surface area contributed by atoms with Crippen LogP contribution in [-0.2, 0) is 0 Å². The lowest BCUT2D eigenvalue weighted by Crippen LogP contribution is -2.03. The zero-order valence-corrected chi connectivity index (χ0v) is 10.1. The number of hydrogen-bond donors (Lipinski definition) is 1. The number of hydrogen-bond acceptors (Lipinski definition) is 8. The molecule has 1 heterocycles. The zero-order chi connectivity index (χ0) is 14.7. The first-order valence-corrected chi connectivity index (χ1v) is 5.17. The molecule has 0 bridgehead atoms. The second-order valence-electron chi connectivity index (χ2n) is 3.43. The first-order valence-electron chi connectivity index (χ1n) is 5.17. The average molecular weight is 281 g/mol. The van der Waals surface area contributed by atoms with Gasteiger partial charge in [-0.3, -0.25) is 10.1 Å². The summed E-state index contributed by atoms with van der Waals surface area (Å²) >= 11 is 0. The molecule has 1 aromatic carbocycles. The minimum Gasteiger partial charge on any atom is -0.467 e. The molecule has 0 unspecified atom stereocenters. The first-order chi connectivity index (χ1) is 9.49. The van der Waals surface area contributed by atoms with Crippen LogP contribution in [0.3, 0.4) is 0 Å². The molecule has 0 atom stereocenters. The SMILES string of the molecule is COc1nc(N)nc(Oc2ccc(F)cc2[N+](=O)[O-])n1. The summed E-state index contributed by atoms with van der Waals surface area (Å²) in [5.41, 5.74) is 4.83. The largest absolute Gasteiger partial charge is 0.467 e. The van der Waals surface area contributed by atoms with Gasteiger partial charge in [0.1, 0.15) is 5.82 Å². The van der Waals surface area contributed by atoms with Gasteiger partial charge in [-0.15, -0.1) is 4.98 Å². The third kappa shape index (κ3) is 2.85. The van der Waals surface area contributed by atoms with E-state index in [9.17, 15) is 14.5 Å². The molecule has 20 heavy (non-hydrogen) atoms. The van der Waals surface area contributed by atoms with Crippen LogP contribution >= 0.6 is 0 Å². The molecular formula is C10H8FN5O4. The van der Waals surface area contributed by atoms with E-state index in [4.69, 9.17) is 15.2 Å². The Kier molecular flexibility index (Phi) is 3.55. The molecule has 0 saturated carbocycles. The number of nitrogens with zero attached hydrogens (tertiary/aromatic N) is 4. The molecule has 2 N–H and O–H groups in total. The fourth-order valence-electron chi connectivity index (χ4n) is 1.31. The minimum absolute atomic E-state index is 0.114. The van der Waals surface area contributed by atoms with Crippen LogP contribution in [0.25, 0.3) is 0 Å². The summed E-state index contributed by atoms with van der Waals surface area (Å²) in [4.78, 5) is 21.0. The zero-order valence-electron chi connectivity index (χ0n) is 10.1. The number of anilines is 1. The Balaban J connectivity index is 2.39. The summed E-state index contributed by atoms with van der Waals surface area (Å²) in [6.07, 6.45) is 0. The first kappa shape index (κ1) is 13.4. The van der Waals surface area contributed by atoms with Crippen molar-refractivity contribution in [2.75, 3.05) is 12.8 Å². The normalized spacial score (nSPS) is 10.1. The smallest absolute Gasteiger partial charge is 0.330 e.